The summed E-state index contributed by atoms with van der Waals surface area (Å²) in [5, 5.41) is 12.8. The molecule has 2 aromatic heterocycles. The molecule has 170 valence electrons. The highest BCUT2D eigenvalue weighted by Crippen LogP contribution is 2.41. The summed E-state index contributed by atoms with van der Waals surface area (Å²) in [6.07, 6.45) is 13.3. The number of furan rings is 1. The second-order valence-electron chi connectivity index (χ2n) is 9.79. The maximum Gasteiger partial charge on any atom is 0.142 e. The number of fused-ring (bicyclic) bond motifs is 1. The number of aromatic nitrogens is 1. The lowest BCUT2D eigenvalue weighted by atomic mass is 9.92. The van der Waals surface area contributed by atoms with Gasteiger partial charge in [-0.1, -0.05) is 30.1 Å². The molecule has 1 N–H and O–H groups in total. The Hall–Kier alpha value is -2.92. The van der Waals surface area contributed by atoms with Gasteiger partial charge in [-0.15, -0.1) is 0 Å². The van der Waals surface area contributed by atoms with Gasteiger partial charge in [0, 0.05) is 41.0 Å². The molecule has 3 aromatic rings. The average molecular weight is 442 g/mol. The summed E-state index contributed by atoms with van der Waals surface area (Å²) in [6.45, 7) is 2.36. The molecule has 0 spiro atoms. The van der Waals surface area contributed by atoms with Crippen LogP contribution in [0.1, 0.15) is 67.8 Å². The maximum absolute atomic E-state index is 9.29. The Morgan fingerprint density at radius 1 is 0.879 bits per heavy atom. The van der Waals surface area contributed by atoms with E-state index in [0.29, 0.717) is 5.92 Å². The van der Waals surface area contributed by atoms with Gasteiger partial charge < -0.3 is 14.5 Å². The number of likely N-dealkylation sites (tertiary alicyclic amines) is 1. The molecule has 1 aromatic carbocycles. The zero-order valence-electron chi connectivity index (χ0n) is 19.0. The Labute approximate surface area is 195 Å². The number of benzene rings is 1. The molecule has 0 amide bonds. The van der Waals surface area contributed by atoms with Crippen molar-refractivity contribution in [2.75, 3.05) is 13.1 Å². The van der Waals surface area contributed by atoms with E-state index < -0.39 is 0 Å². The molecule has 1 saturated heterocycles. The lowest BCUT2D eigenvalue weighted by Crippen LogP contribution is -2.39. The van der Waals surface area contributed by atoms with Crippen molar-refractivity contribution in [1.29, 1.82) is 0 Å². The van der Waals surface area contributed by atoms with E-state index in [1.54, 1.807) is 0 Å². The summed E-state index contributed by atoms with van der Waals surface area (Å²) < 4.78 is 6.65. The van der Waals surface area contributed by atoms with Crippen molar-refractivity contribution in [3.05, 3.63) is 65.7 Å². The quantitative estimate of drug-likeness (QED) is 0.384. The van der Waals surface area contributed by atoms with Crippen LogP contribution in [0, 0.1) is 0 Å². The summed E-state index contributed by atoms with van der Waals surface area (Å²) in [7, 11) is 0. The highest BCUT2D eigenvalue weighted by molar-refractivity contribution is 6.04. The lowest BCUT2D eigenvalue weighted by molar-refractivity contribution is 0.148. The van der Waals surface area contributed by atoms with Crippen molar-refractivity contribution in [2.24, 2.45) is 5.16 Å². The van der Waals surface area contributed by atoms with Gasteiger partial charge in [-0.25, -0.2) is 0 Å². The van der Waals surface area contributed by atoms with Crippen LogP contribution >= 0.6 is 0 Å². The molecule has 3 aliphatic rings. The van der Waals surface area contributed by atoms with Crippen molar-refractivity contribution in [3.63, 3.8) is 0 Å². The van der Waals surface area contributed by atoms with Gasteiger partial charge in [0.25, 0.3) is 0 Å². The number of pyridine rings is 1. The topological polar surface area (TPSA) is 61.9 Å². The van der Waals surface area contributed by atoms with Gasteiger partial charge in [0.05, 0.1) is 5.71 Å². The fourth-order valence-corrected chi connectivity index (χ4v) is 6.11. The molecule has 5 heteroatoms. The zero-order chi connectivity index (χ0) is 22.2. The average Bonchev–Trinajstić information content (AvgIpc) is 3.64. The van der Waals surface area contributed by atoms with Gasteiger partial charge in [0.15, 0.2) is 0 Å². The van der Waals surface area contributed by atoms with Crippen LogP contribution in [0.5, 0.6) is 0 Å². The van der Waals surface area contributed by atoms with Crippen LogP contribution < -0.4 is 0 Å². The van der Waals surface area contributed by atoms with E-state index in [1.165, 1.54) is 57.2 Å². The smallest absolute Gasteiger partial charge is 0.142 e. The molecule has 1 aliphatic heterocycles. The van der Waals surface area contributed by atoms with Crippen LogP contribution in [0.2, 0.25) is 0 Å². The monoisotopic (exact) mass is 441 g/mol. The van der Waals surface area contributed by atoms with Crippen LogP contribution in [0.3, 0.4) is 0 Å². The molecular formula is C28H31N3O2. The molecule has 1 saturated carbocycles. The Balaban J connectivity index is 1.32. The third-order valence-electron chi connectivity index (χ3n) is 7.95. The minimum absolute atomic E-state index is 0.472. The van der Waals surface area contributed by atoms with Crippen LogP contribution in [0.15, 0.2) is 58.4 Å². The standard InChI is InChI=1S/C28H31N3O2/c32-30-26-8-6-21-17-22(5-7-24(21)26)28-25(19-9-13-29-14-10-19)18-27(33-28)20-11-15-31(16-12-20)23-3-1-2-4-23/h5,7,9-10,13-14,17-18,20,23,32H,1-4,6,8,11-12,15-16H2/b30-26-. The fourth-order valence-electron chi connectivity index (χ4n) is 6.11. The summed E-state index contributed by atoms with van der Waals surface area (Å²) in [5.74, 6) is 2.52. The molecule has 5 nitrogen and oxygen atoms in total. The highest BCUT2D eigenvalue weighted by Gasteiger charge is 2.30. The summed E-state index contributed by atoms with van der Waals surface area (Å²) in [6, 6.07) is 13.6. The minimum Gasteiger partial charge on any atom is -0.460 e. The van der Waals surface area contributed by atoms with Gasteiger partial charge >= 0.3 is 0 Å². The van der Waals surface area contributed by atoms with E-state index >= 15 is 0 Å². The molecule has 6 rings (SSSR count). The normalized spacial score (nSPS) is 21.2. The highest BCUT2D eigenvalue weighted by atomic mass is 16.4. The number of aryl methyl sites for hydroxylation is 1. The first-order valence-electron chi connectivity index (χ1n) is 12.4. The van der Waals surface area contributed by atoms with Gasteiger partial charge in [0.2, 0.25) is 0 Å². The predicted octanol–water partition coefficient (Wildman–Crippen LogP) is 6.26. The summed E-state index contributed by atoms with van der Waals surface area (Å²) in [4.78, 5) is 6.93. The molecule has 2 fully saturated rings. The molecular weight excluding hydrogens is 410 g/mol. The van der Waals surface area contributed by atoms with E-state index in [1.807, 2.05) is 12.4 Å². The van der Waals surface area contributed by atoms with E-state index in [-0.39, 0.29) is 0 Å². The van der Waals surface area contributed by atoms with Crippen LogP contribution in [0.25, 0.3) is 22.5 Å². The second-order valence-corrected chi connectivity index (χ2v) is 9.79. The Bertz CT molecular complexity index is 1150. The Kier molecular flexibility index (Phi) is 5.50. The van der Waals surface area contributed by atoms with E-state index in [2.05, 4.69) is 51.4 Å². The molecule has 0 bridgehead atoms. The summed E-state index contributed by atoms with van der Waals surface area (Å²) in [5.41, 5.74) is 6.42. The SMILES string of the molecule is O/N=C1/CCc2cc(-c3oc(C4CCN(C5CCCC5)CC4)cc3-c3ccncc3)ccc21. The Morgan fingerprint density at radius 2 is 1.67 bits per heavy atom. The van der Waals surface area contributed by atoms with Crippen molar-refractivity contribution >= 4 is 5.71 Å². The first-order chi connectivity index (χ1) is 16.3. The zero-order valence-corrected chi connectivity index (χ0v) is 19.0. The number of piperidine rings is 1. The third-order valence-corrected chi connectivity index (χ3v) is 7.95. The molecule has 2 aliphatic carbocycles. The van der Waals surface area contributed by atoms with Gasteiger partial charge in [0.1, 0.15) is 11.5 Å². The Morgan fingerprint density at radius 3 is 2.42 bits per heavy atom. The van der Waals surface area contributed by atoms with Gasteiger partial charge in [-0.05, 0) is 87.0 Å². The van der Waals surface area contributed by atoms with Crippen molar-refractivity contribution in [1.82, 2.24) is 9.88 Å². The molecule has 3 heterocycles. The molecule has 0 atom stereocenters. The summed E-state index contributed by atoms with van der Waals surface area (Å²) >= 11 is 0. The maximum atomic E-state index is 9.29. The van der Waals surface area contributed by atoms with Crippen molar-refractivity contribution in [2.45, 2.75) is 63.3 Å². The van der Waals surface area contributed by atoms with Crippen LogP contribution in [-0.4, -0.2) is 39.9 Å². The fraction of sp³-hybridized carbons (Fsp3) is 0.429. The third kappa shape index (κ3) is 3.89. The van der Waals surface area contributed by atoms with E-state index in [0.717, 1.165) is 58.4 Å². The number of rotatable bonds is 4. The number of hydrogen-bond acceptors (Lipinski definition) is 5. The van der Waals surface area contributed by atoms with Crippen LogP contribution in [-0.2, 0) is 6.42 Å². The lowest BCUT2D eigenvalue weighted by Gasteiger charge is -2.35. The predicted molar refractivity (Wildman–Crippen MR) is 130 cm³/mol. The van der Waals surface area contributed by atoms with Crippen LogP contribution in [0.4, 0.5) is 0 Å². The van der Waals surface area contributed by atoms with Crippen molar-refractivity contribution in [3.8, 4) is 22.5 Å². The minimum atomic E-state index is 0.472. The van der Waals surface area contributed by atoms with E-state index in [4.69, 9.17) is 4.42 Å². The second kappa shape index (κ2) is 8.79. The molecule has 0 unspecified atom stereocenters. The molecule has 0 radical (unpaired) electrons. The molecule has 33 heavy (non-hydrogen) atoms. The van der Waals surface area contributed by atoms with Crippen molar-refractivity contribution < 1.29 is 9.62 Å². The number of oxime groups is 1. The number of hydrogen-bond donors (Lipinski definition) is 1. The van der Waals surface area contributed by atoms with Gasteiger partial charge in [-0.3, -0.25) is 4.98 Å². The largest absolute Gasteiger partial charge is 0.460 e. The first kappa shape index (κ1) is 20.7. The first-order valence-corrected chi connectivity index (χ1v) is 12.4. The van der Waals surface area contributed by atoms with Gasteiger partial charge in [-0.2, -0.15) is 0 Å². The number of nitrogens with zero attached hydrogens (tertiary/aromatic N) is 3. The van der Waals surface area contributed by atoms with E-state index in [9.17, 15) is 5.21 Å².